The highest BCUT2D eigenvalue weighted by atomic mass is 16.5. The minimum atomic E-state index is 0.105. The van der Waals surface area contributed by atoms with Gasteiger partial charge in [-0.2, -0.15) is 0 Å². The highest BCUT2D eigenvalue weighted by Crippen LogP contribution is 2.18. The van der Waals surface area contributed by atoms with Crippen LogP contribution in [0, 0.1) is 0 Å². The molecule has 4 nitrogen and oxygen atoms in total. The summed E-state index contributed by atoms with van der Waals surface area (Å²) >= 11 is 0. The molecule has 0 atom stereocenters. The molecule has 1 aromatic rings. The lowest BCUT2D eigenvalue weighted by Gasteiger charge is -2.08. The quantitative estimate of drug-likeness (QED) is 0.345. The van der Waals surface area contributed by atoms with Crippen molar-refractivity contribution in [3.05, 3.63) is 24.3 Å². The molecule has 0 fully saturated rings. The van der Waals surface area contributed by atoms with Crippen LogP contribution in [-0.4, -0.2) is 25.0 Å². The Bertz CT molecular complexity index is 253. The number of ether oxygens (including phenoxy) is 1. The van der Waals surface area contributed by atoms with Gasteiger partial charge < -0.3 is 15.6 Å². The molecule has 0 amide bonds. The van der Waals surface area contributed by atoms with Gasteiger partial charge in [0.05, 0.1) is 12.3 Å². The number of para-hydroxylation sites is 2. The average Bonchev–Trinajstić information content (AvgIpc) is 2.15. The van der Waals surface area contributed by atoms with Crippen molar-refractivity contribution in [2.24, 2.45) is 0 Å². The van der Waals surface area contributed by atoms with Crippen molar-refractivity contribution in [1.29, 1.82) is 0 Å². The fourth-order valence-corrected chi connectivity index (χ4v) is 0.892. The smallest absolute Gasteiger partial charge is 0.144 e. The summed E-state index contributed by atoms with van der Waals surface area (Å²) in [5.41, 5.74) is 6.25. The van der Waals surface area contributed by atoms with E-state index in [-0.39, 0.29) is 6.61 Å². The number of hydrogen-bond donors (Lipinski definition) is 3. The van der Waals surface area contributed by atoms with E-state index in [9.17, 15) is 0 Å². The van der Waals surface area contributed by atoms with Crippen molar-refractivity contribution >= 4 is 5.69 Å². The van der Waals surface area contributed by atoms with E-state index in [0.717, 1.165) is 0 Å². The lowest BCUT2D eigenvalue weighted by molar-refractivity contribution is 0.245. The molecule has 0 saturated heterocycles. The van der Waals surface area contributed by atoms with Crippen LogP contribution in [0.5, 0.6) is 5.75 Å². The molecule has 1 aromatic carbocycles. The van der Waals surface area contributed by atoms with E-state index in [2.05, 4.69) is 5.32 Å². The number of anilines is 1. The van der Waals surface area contributed by atoms with Crippen LogP contribution >= 0.6 is 0 Å². The molecule has 4 N–H and O–H groups in total. The number of nitrogen functional groups attached to an aromatic ring is 1. The molecular formula is C9H14N2O2. The normalized spacial score (nSPS) is 9.92. The molecule has 0 bridgehead atoms. The molecule has 0 aliphatic rings. The zero-order valence-electron chi connectivity index (χ0n) is 7.36. The summed E-state index contributed by atoms with van der Waals surface area (Å²) < 4.78 is 5.29. The number of nitrogens with two attached hydrogens (primary N) is 1. The van der Waals surface area contributed by atoms with Crippen LogP contribution in [0.3, 0.4) is 0 Å². The predicted molar refractivity (Wildman–Crippen MR) is 51.4 cm³/mol. The molecule has 1 rings (SSSR count). The van der Waals surface area contributed by atoms with Crippen LogP contribution in [0.15, 0.2) is 24.3 Å². The summed E-state index contributed by atoms with van der Waals surface area (Å²) in [7, 11) is 0. The maximum atomic E-state index is 8.48. The summed E-state index contributed by atoms with van der Waals surface area (Å²) in [4.78, 5) is 0. The second-order valence-electron chi connectivity index (χ2n) is 2.55. The minimum Gasteiger partial charge on any atom is -0.476 e. The summed E-state index contributed by atoms with van der Waals surface area (Å²) in [5.74, 6) is 0.660. The number of rotatable bonds is 5. The summed E-state index contributed by atoms with van der Waals surface area (Å²) in [5, 5.41) is 11.4. The Labute approximate surface area is 77.3 Å². The molecule has 72 valence electrons. The molecule has 0 heterocycles. The number of aliphatic hydroxyl groups is 1. The van der Waals surface area contributed by atoms with Crippen molar-refractivity contribution in [1.82, 2.24) is 5.32 Å². The van der Waals surface area contributed by atoms with E-state index in [1.54, 1.807) is 12.1 Å². The number of hydrogen-bond acceptors (Lipinski definition) is 4. The monoisotopic (exact) mass is 182 g/mol. The second-order valence-corrected chi connectivity index (χ2v) is 2.55. The van der Waals surface area contributed by atoms with Crippen LogP contribution in [0.1, 0.15) is 0 Å². The van der Waals surface area contributed by atoms with Gasteiger partial charge in [0.1, 0.15) is 12.5 Å². The van der Waals surface area contributed by atoms with Crippen LogP contribution in [0.4, 0.5) is 5.69 Å². The average molecular weight is 182 g/mol. The van der Waals surface area contributed by atoms with Crippen LogP contribution in [0.2, 0.25) is 0 Å². The van der Waals surface area contributed by atoms with Crippen molar-refractivity contribution in [3.8, 4) is 5.75 Å². The number of nitrogens with one attached hydrogen (secondary N) is 1. The zero-order valence-corrected chi connectivity index (χ0v) is 7.36. The summed E-state index contributed by atoms with van der Waals surface area (Å²) in [6, 6.07) is 7.29. The fraction of sp³-hybridized carbons (Fsp3) is 0.333. The van der Waals surface area contributed by atoms with Gasteiger partial charge in [-0.25, -0.2) is 0 Å². The van der Waals surface area contributed by atoms with E-state index < -0.39 is 0 Å². The Morgan fingerprint density at radius 3 is 2.85 bits per heavy atom. The van der Waals surface area contributed by atoms with E-state index >= 15 is 0 Å². The van der Waals surface area contributed by atoms with Crippen LogP contribution < -0.4 is 15.8 Å². The molecule has 0 unspecified atom stereocenters. The molecule has 0 radical (unpaired) electrons. The lowest BCUT2D eigenvalue weighted by atomic mass is 10.3. The molecule has 0 aliphatic carbocycles. The maximum Gasteiger partial charge on any atom is 0.144 e. The first-order valence-electron chi connectivity index (χ1n) is 4.13. The van der Waals surface area contributed by atoms with Gasteiger partial charge in [-0.3, -0.25) is 5.32 Å². The highest BCUT2D eigenvalue weighted by molar-refractivity contribution is 5.51. The molecule has 0 aliphatic heterocycles. The van der Waals surface area contributed by atoms with Crippen molar-refractivity contribution in [2.75, 3.05) is 25.6 Å². The molecule has 0 aromatic heterocycles. The maximum absolute atomic E-state index is 8.48. The van der Waals surface area contributed by atoms with E-state index in [1.807, 2.05) is 12.1 Å². The fourth-order valence-electron chi connectivity index (χ4n) is 0.892. The Morgan fingerprint density at radius 2 is 2.15 bits per heavy atom. The molecule has 4 heteroatoms. The third kappa shape index (κ3) is 3.31. The van der Waals surface area contributed by atoms with Gasteiger partial charge in [0, 0.05) is 6.54 Å². The molecule has 13 heavy (non-hydrogen) atoms. The standard InChI is InChI=1S/C9H14N2O2/c10-8-3-1-2-4-9(8)13-7-11-5-6-12/h1-4,11-12H,5-7,10H2. The third-order valence-corrected chi connectivity index (χ3v) is 1.54. The number of aliphatic hydroxyl groups excluding tert-OH is 1. The second kappa shape index (κ2) is 5.40. The summed E-state index contributed by atoms with van der Waals surface area (Å²) in [6.07, 6.45) is 0. The van der Waals surface area contributed by atoms with Gasteiger partial charge in [-0.1, -0.05) is 12.1 Å². The predicted octanol–water partition coefficient (Wildman–Crippen LogP) is 0.187. The van der Waals surface area contributed by atoms with Gasteiger partial charge in [0.25, 0.3) is 0 Å². The lowest BCUT2D eigenvalue weighted by Crippen LogP contribution is -2.23. The SMILES string of the molecule is Nc1ccccc1OCNCCO. The minimum absolute atomic E-state index is 0.105. The van der Waals surface area contributed by atoms with Crippen LogP contribution in [0.25, 0.3) is 0 Å². The Hall–Kier alpha value is -1.26. The van der Waals surface area contributed by atoms with Gasteiger partial charge >= 0.3 is 0 Å². The zero-order chi connectivity index (χ0) is 9.52. The Morgan fingerprint density at radius 1 is 1.38 bits per heavy atom. The van der Waals surface area contributed by atoms with Crippen molar-refractivity contribution in [3.63, 3.8) is 0 Å². The first-order valence-corrected chi connectivity index (χ1v) is 4.13. The number of benzene rings is 1. The first-order chi connectivity index (χ1) is 6.34. The van der Waals surface area contributed by atoms with Gasteiger partial charge in [-0.15, -0.1) is 0 Å². The Balaban J connectivity index is 2.32. The van der Waals surface area contributed by atoms with Gasteiger partial charge in [-0.05, 0) is 12.1 Å². The van der Waals surface area contributed by atoms with Gasteiger partial charge in [0.15, 0.2) is 0 Å². The van der Waals surface area contributed by atoms with E-state index in [0.29, 0.717) is 24.7 Å². The largest absolute Gasteiger partial charge is 0.476 e. The third-order valence-electron chi connectivity index (χ3n) is 1.54. The molecule has 0 spiro atoms. The topological polar surface area (TPSA) is 67.5 Å². The summed E-state index contributed by atoms with van der Waals surface area (Å²) in [6.45, 7) is 0.981. The van der Waals surface area contributed by atoms with E-state index in [1.165, 1.54) is 0 Å². The molecule has 0 saturated carbocycles. The Kier molecular flexibility index (Phi) is 4.08. The van der Waals surface area contributed by atoms with Crippen molar-refractivity contribution < 1.29 is 9.84 Å². The molecular weight excluding hydrogens is 168 g/mol. The van der Waals surface area contributed by atoms with Crippen molar-refractivity contribution in [2.45, 2.75) is 0 Å². The first kappa shape index (κ1) is 9.83. The van der Waals surface area contributed by atoms with Gasteiger partial charge in [0.2, 0.25) is 0 Å². The van der Waals surface area contributed by atoms with E-state index in [4.69, 9.17) is 15.6 Å². The highest BCUT2D eigenvalue weighted by Gasteiger charge is 1.96. The van der Waals surface area contributed by atoms with Crippen LogP contribution in [-0.2, 0) is 0 Å².